The van der Waals surface area contributed by atoms with E-state index in [9.17, 15) is 47.9 Å². The minimum atomic E-state index is -3.74. The largest absolute Gasteiger partial charge is 0.479 e. The highest BCUT2D eigenvalue weighted by Crippen LogP contribution is 2.32. The summed E-state index contributed by atoms with van der Waals surface area (Å²) in [7, 11) is -2.45. The molecule has 15 nitrogen and oxygen atoms in total. The van der Waals surface area contributed by atoms with Crippen molar-refractivity contribution in [2.45, 2.75) is 75.5 Å². The number of carboxylic acids is 1. The lowest BCUT2D eigenvalue weighted by Crippen LogP contribution is -2.60. The highest BCUT2D eigenvalue weighted by atomic mass is 32.2. The lowest BCUT2D eigenvalue weighted by Gasteiger charge is -2.38. The van der Waals surface area contributed by atoms with Crippen molar-refractivity contribution in [3.63, 3.8) is 0 Å². The van der Waals surface area contributed by atoms with Gasteiger partial charge in [0.1, 0.15) is 24.1 Å². The Balaban J connectivity index is 1.80. The minimum Gasteiger partial charge on any atom is -0.479 e. The average molecular weight is 658 g/mol. The summed E-state index contributed by atoms with van der Waals surface area (Å²) >= 11 is 0. The van der Waals surface area contributed by atoms with Gasteiger partial charge in [-0.05, 0) is 30.2 Å². The van der Waals surface area contributed by atoms with Gasteiger partial charge in [0.05, 0.1) is 36.3 Å². The van der Waals surface area contributed by atoms with Crippen LogP contribution >= 0.6 is 0 Å². The molecule has 1 aliphatic heterocycles. The molecule has 0 spiro atoms. The van der Waals surface area contributed by atoms with E-state index in [0.29, 0.717) is 16.8 Å². The molecule has 0 aliphatic carbocycles. The first-order valence-electron chi connectivity index (χ1n) is 13.7. The predicted molar refractivity (Wildman–Crippen MR) is 155 cm³/mol. The molecule has 7 atom stereocenters. The first-order valence-corrected chi connectivity index (χ1v) is 15.5. The summed E-state index contributed by atoms with van der Waals surface area (Å²) in [6.45, 7) is 3.60. The third-order valence-electron chi connectivity index (χ3n) is 6.87. The highest BCUT2D eigenvalue weighted by molar-refractivity contribution is 7.92. The normalized spacial score (nSPS) is 23.6. The van der Waals surface area contributed by atoms with Crippen molar-refractivity contribution in [2.24, 2.45) is 0 Å². The monoisotopic (exact) mass is 657 g/mol. The number of aliphatic hydroxyl groups excluding tert-OH is 5. The number of anilines is 1. The Labute approximate surface area is 258 Å². The number of nitrogens with zero attached hydrogens (tertiary/aromatic N) is 3. The van der Waals surface area contributed by atoms with Gasteiger partial charge in [0.15, 0.2) is 6.10 Å². The molecule has 0 bridgehead atoms. The van der Waals surface area contributed by atoms with Crippen molar-refractivity contribution in [2.75, 3.05) is 17.6 Å². The van der Waals surface area contributed by atoms with E-state index in [0.717, 1.165) is 10.6 Å². The predicted octanol–water partition coefficient (Wildman–Crippen LogP) is -0.247. The minimum absolute atomic E-state index is 0.129. The molecule has 1 aromatic heterocycles. The number of esters is 1. The summed E-state index contributed by atoms with van der Waals surface area (Å²) < 4.78 is 48.7. The van der Waals surface area contributed by atoms with Crippen LogP contribution in [0.15, 0.2) is 30.3 Å². The summed E-state index contributed by atoms with van der Waals surface area (Å²) in [4.78, 5) is 32.4. The average Bonchev–Trinajstić information content (AvgIpc) is 2.95. The number of aromatic nitrogens is 2. The van der Waals surface area contributed by atoms with E-state index < -0.39 is 83.5 Å². The molecule has 1 aliphatic rings. The van der Waals surface area contributed by atoms with Gasteiger partial charge in [-0.1, -0.05) is 26.0 Å². The molecule has 2 aromatic rings. The van der Waals surface area contributed by atoms with Crippen molar-refractivity contribution >= 4 is 34.0 Å². The second-order valence-electron chi connectivity index (χ2n) is 10.8. The van der Waals surface area contributed by atoms with Gasteiger partial charge in [-0.3, -0.25) is 4.79 Å². The standard InChI is InChI=1S/C28H36FN3O12S/c1-13(2)20-18(21(14-5-7-15(29)8-6-14)31-28(30-20)32(3)45(4,41)42)10-9-16(33)11-17(34)12-19(35)43-27-24(38)22(36)23(37)25(44-27)26(39)40/h5-10,13,16-17,22-25,27,33-34,36-38H,11-12H2,1-4H3,(H,39,40)/t16-,17-,22+,23+,24+,25?,27?/m1/s1. The zero-order valence-electron chi connectivity index (χ0n) is 24.8. The maximum atomic E-state index is 13.7. The highest BCUT2D eigenvalue weighted by Gasteiger charge is 2.48. The smallest absolute Gasteiger partial charge is 0.335 e. The fourth-order valence-corrected chi connectivity index (χ4v) is 4.74. The third-order valence-corrected chi connectivity index (χ3v) is 8.03. The molecular weight excluding hydrogens is 621 g/mol. The Kier molecular flexibility index (Phi) is 11.7. The first-order chi connectivity index (χ1) is 20.9. The number of carbonyl (C=O) groups excluding carboxylic acids is 1. The molecule has 6 N–H and O–H groups in total. The number of hydrogen-bond acceptors (Lipinski definition) is 13. The molecule has 1 aromatic carbocycles. The molecule has 248 valence electrons. The number of carbonyl (C=O) groups is 2. The molecular formula is C28H36FN3O12S. The van der Waals surface area contributed by atoms with E-state index in [-0.39, 0.29) is 17.6 Å². The zero-order valence-corrected chi connectivity index (χ0v) is 25.6. The van der Waals surface area contributed by atoms with Gasteiger partial charge < -0.3 is 40.1 Å². The fraction of sp³-hybridized carbons (Fsp3) is 0.500. The second-order valence-corrected chi connectivity index (χ2v) is 12.8. The lowest BCUT2D eigenvalue weighted by atomic mass is 9.97. The van der Waals surface area contributed by atoms with Crippen LogP contribution in [0.5, 0.6) is 0 Å². The van der Waals surface area contributed by atoms with Crippen LogP contribution in [0.4, 0.5) is 10.3 Å². The molecule has 2 heterocycles. The number of aliphatic hydroxyl groups is 5. The Morgan fingerprint density at radius 2 is 1.71 bits per heavy atom. The summed E-state index contributed by atoms with van der Waals surface area (Å²) in [5.74, 6) is -3.74. The summed E-state index contributed by atoms with van der Waals surface area (Å²) in [5, 5.41) is 59.7. The molecule has 45 heavy (non-hydrogen) atoms. The number of halogens is 1. The van der Waals surface area contributed by atoms with Gasteiger partial charge >= 0.3 is 11.9 Å². The summed E-state index contributed by atoms with van der Waals surface area (Å²) in [6, 6.07) is 5.29. The maximum Gasteiger partial charge on any atom is 0.335 e. The van der Waals surface area contributed by atoms with Crippen molar-refractivity contribution in [1.29, 1.82) is 0 Å². The van der Waals surface area contributed by atoms with Crippen molar-refractivity contribution in [3.05, 3.63) is 47.4 Å². The summed E-state index contributed by atoms with van der Waals surface area (Å²) in [6.07, 6.45) is -10.1. The van der Waals surface area contributed by atoms with Crippen molar-refractivity contribution in [3.8, 4) is 11.3 Å². The molecule has 2 unspecified atom stereocenters. The van der Waals surface area contributed by atoms with Gasteiger partial charge in [-0.15, -0.1) is 0 Å². The molecule has 1 saturated heterocycles. The SMILES string of the molecule is CC(C)c1nc(N(C)S(C)(=O)=O)nc(-c2ccc(F)cc2)c1C=C[C@@H](O)C[C@@H](O)CC(=O)OC1OC(C(=O)O)[C@@H](O)[C@H](O)[C@@H]1O. The van der Waals surface area contributed by atoms with Crippen LogP contribution in [0.2, 0.25) is 0 Å². The van der Waals surface area contributed by atoms with E-state index in [1.165, 1.54) is 43.5 Å². The fourth-order valence-electron chi connectivity index (χ4n) is 4.36. The van der Waals surface area contributed by atoms with Crippen LogP contribution < -0.4 is 4.31 Å². The van der Waals surface area contributed by atoms with Gasteiger partial charge in [-0.2, -0.15) is 0 Å². The topological polar surface area (TPSA) is 237 Å². The Bertz CT molecular complexity index is 1500. The third kappa shape index (κ3) is 9.00. The quantitative estimate of drug-likeness (QED) is 0.162. The number of benzene rings is 1. The van der Waals surface area contributed by atoms with Crippen LogP contribution in [0.25, 0.3) is 17.3 Å². The number of rotatable bonds is 12. The van der Waals surface area contributed by atoms with Gasteiger partial charge in [-0.25, -0.2) is 31.9 Å². The second kappa shape index (κ2) is 14.7. The van der Waals surface area contributed by atoms with E-state index in [2.05, 4.69) is 9.97 Å². The molecule has 1 fully saturated rings. The van der Waals surface area contributed by atoms with Crippen LogP contribution in [0.1, 0.15) is 43.9 Å². The van der Waals surface area contributed by atoms with Crippen LogP contribution in [0.3, 0.4) is 0 Å². The first kappa shape index (κ1) is 35.9. The number of hydrogen-bond donors (Lipinski definition) is 6. The van der Waals surface area contributed by atoms with E-state index in [1.807, 2.05) is 0 Å². The number of carboxylic acid groups (broad SMARTS) is 1. The van der Waals surface area contributed by atoms with Crippen molar-refractivity contribution in [1.82, 2.24) is 9.97 Å². The van der Waals surface area contributed by atoms with Crippen LogP contribution in [-0.4, -0.2) is 117 Å². The number of ether oxygens (including phenoxy) is 2. The number of aliphatic carboxylic acids is 1. The maximum absolute atomic E-state index is 13.7. The Morgan fingerprint density at radius 1 is 1.09 bits per heavy atom. The molecule has 0 radical (unpaired) electrons. The molecule has 0 amide bonds. The Morgan fingerprint density at radius 3 is 2.27 bits per heavy atom. The zero-order chi connectivity index (χ0) is 33.8. The van der Waals surface area contributed by atoms with Gasteiger partial charge in [0.25, 0.3) is 0 Å². The van der Waals surface area contributed by atoms with Crippen molar-refractivity contribution < 1.29 is 62.5 Å². The van der Waals surface area contributed by atoms with E-state index >= 15 is 0 Å². The van der Waals surface area contributed by atoms with Gasteiger partial charge in [0, 0.05) is 24.6 Å². The van der Waals surface area contributed by atoms with Gasteiger partial charge in [0.2, 0.25) is 22.3 Å². The van der Waals surface area contributed by atoms with Crippen LogP contribution in [-0.2, 0) is 29.1 Å². The van der Waals surface area contributed by atoms with Crippen LogP contribution in [0, 0.1) is 5.82 Å². The van der Waals surface area contributed by atoms with E-state index in [4.69, 9.17) is 14.6 Å². The molecule has 3 rings (SSSR count). The molecule has 0 saturated carbocycles. The summed E-state index contributed by atoms with van der Waals surface area (Å²) in [5.41, 5.74) is 1.45. The molecule has 17 heteroatoms. The Hall–Kier alpha value is -3.58. The lowest BCUT2D eigenvalue weighted by molar-refractivity contribution is -0.286. The van der Waals surface area contributed by atoms with E-state index in [1.54, 1.807) is 13.8 Å². The number of sulfonamides is 1.